The van der Waals surface area contributed by atoms with Crippen LogP contribution in [0.1, 0.15) is 12.8 Å². The molecule has 4 heteroatoms. The number of alkyl halides is 3. The van der Waals surface area contributed by atoms with Gasteiger partial charge in [0.1, 0.15) is 0 Å². The highest BCUT2D eigenvalue weighted by molar-refractivity contribution is 4.97. The lowest BCUT2D eigenvalue weighted by Gasteiger charge is -2.26. The molecule has 0 atom stereocenters. The van der Waals surface area contributed by atoms with Crippen LogP contribution < -0.4 is 0 Å². The Labute approximate surface area is 63.2 Å². The van der Waals surface area contributed by atoms with E-state index in [4.69, 9.17) is 0 Å². The van der Waals surface area contributed by atoms with Crippen LogP contribution in [0.3, 0.4) is 0 Å². The molecule has 3 fully saturated rings. The first-order valence-corrected chi connectivity index (χ1v) is 3.85. The van der Waals surface area contributed by atoms with E-state index in [0.29, 0.717) is 12.5 Å². The topological polar surface area (TPSA) is 3.24 Å². The van der Waals surface area contributed by atoms with Gasteiger partial charge in [-0.2, -0.15) is 13.2 Å². The summed E-state index contributed by atoms with van der Waals surface area (Å²) in [5, 5.41) is 0. The molecule has 3 rings (SSSR count). The average Bonchev–Trinajstić information content (AvgIpc) is 2.13. The summed E-state index contributed by atoms with van der Waals surface area (Å²) in [7, 11) is 0. The summed E-state index contributed by atoms with van der Waals surface area (Å²) in [4.78, 5) is 1.56. The van der Waals surface area contributed by atoms with Crippen LogP contribution in [0.2, 0.25) is 0 Å². The quantitative estimate of drug-likeness (QED) is 0.571. The van der Waals surface area contributed by atoms with Crippen LogP contribution in [0, 0.1) is 5.92 Å². The monoisotopic (exact) mass is 165 g/mol. The Balaban J connectivity index is 1.88. The van der Waals surface area contributed by atoms with Gasteiger partial charge >= 0.3 is 6.18 Å². The van der Waals surface area contributed by atoms with Crippen LogP contribution >= 0.6 is 0 Å². The highest BCUT2D eigenvalue weighted by Gasteiger charge is 2.46. The van der Waals surface area contributed by atoms with Crippen LogP contribution in [0.4, 0.5) is 13.2 Å². The minimum Gasteiger partial charge on any atom is -0.292 e. The van der Waals surface area contributed by atoms with Gasteiger partial charge in [0.2, 0.25) is 0 Å². The summed E-state index contributed by atoms with van der Waals surface area (Å²) in [5.41, 5.74) is 0. The van der Waals surface area contributed by atoms with Crippen molar-refractivity contribution in [3.05, 3.63) is 0 Å². The van der Waals surface area contributed by atoms with Gasteiger partial charge in [-0.1, -0.05) is 0 Å². The van der Waals surface area contributed by atoms with Gasteiger partial charge in [0.05, 0.1) is 6.54 Å². The second-order valence-corrected chi connectivity index (χ2v) is 3.54. The number of nitrogens with zero attached hydrogens (tertiary/aromatic N) is 1. The minimum absolute atomic E-state index is 0.252. The lowest BCUT2D eigenvalue weighted by molar-refractivity contribution is -0.146. The Hall–Kier alpha value is -0.250. The summed E-state index contributed by atoms with van der Waals surface area (Å²) in [6.07, 6.45) is -2.01. The maximum Gasteiger partial charge on any atom is 0.401 e. The average molecular weight is 165 g/mol. The third kappa shape index (κ3) is 1.36. The molecule has 0 aromatic rings. The summed E-state index contributed by atoms with van der Waals surface area (Å²) in [6, 6.07) is 0.252. The van der Waals surface area contributed by atoms with Crippen molar-refractivity contribution in [2.45, 2.75) is 25.1 Å². The molecule has 0 amide bonds. The zero-order valence-corrected chi connectivity index (χ0v) is 6.06. The van der Waals surface area contributed by atoms with E-state index in [2.05, 4.69) is 0 Å². The van der Waals surface area contributed by atoms with Crippen molar-refractivity contribution < 1.29 is 13.2 Å². The molecule has 0 spiro atoms. The molecular formula is C7H10F3N. The SMILES string of the molecule is FC(F)(F)CN1CC2CC1C2. The van der Waals surface area contributed by atoms with E-state index in [0.717, 1.165) is 12.8 Å². The van der Waals surface area contributed by atoms with Gasteiger partial charge in [-0.15, -0.1) is 0 Å². The van der Waals surface area contributed by atoms with Crippen LogP contribution in [0.5, 0.6) is 0 Å². The summed E-state index contributed by atoms with van der Waals surface area (Å²) in [6.45, 7) is -0.0294. The van der Waals surface area contributed by atoms with E-state index in [1.54, 1.807) is 4.90 Å². The number of rotatable bonds is 1. The summed E-state index contributed by atoms with van der Waals surface area (Å²) in [5.74, 6) is 0.572. The van der Waals surface area contributed by atoms with Gasteiger partial charge in [-0.05, 0) is 18.8 Å². The number of fused-ring (bicyclic) bond motifs is 1. The van der Waals surface area contributed by atoms with E-state index in [1.807, 2.05) is 0 Å². The van der Waals surface area contributed by atoms with Crippen molar-refractivity contribution in [3.63, 3.8) is 0 Å². The molecule has 11 heavy (non-hydrogen) atoms. The Morgan fingerprint density at radius 2 is 1.91 bits per heavy atom. The van der Waals surface area contributed by atoms with Gasteiger partial charge in [-0.3, -0.25) is 4.90 Å². The van der Waals surface area contributed by atoms with Crippen LogP contribution in [-0.4, -0.2) is 30.2 Å². The van der Waals surface area contributed by atoms with Gasteiger partial charge in [0.25, 0.3) is 0 Å². The molecule has 64 valence electrons. The molecular weight excluding hydrogens is 155 g/mol. The predicted molar refractivity (Wildman–Crippen MR) is 34.1 cm³/mol. The standard InChI is InChI=1S/C7H10F3N/c8-7(9,10)4-11-3-5-1-6(11)2-5/h5-6H,1-4H2. The first-order valence-electron chi connectivity index (χ1n) is 3.85. The fraction of sp³-hybridized carbons (Fsp3) is 1.00. The van der Waals surface area contributed by atoms with E-state index >= 15 is 0 Å². The second-order valence-electron chi connectivity index (χ2n) is 3.54. The Morgan fingerprint density at radius 3 is 2.27 bits per heavy atom. The molecule has 1 aliphatic carbocycles. The smallest absolute Gasteiger partial charge is 0.292 e. The normalized spacial score (nSPS) is 37.4. The zero-order valence-electron chi connectivity index (χ0n) is 6.06. The second kappa shape index (κ2) is 2.12. The fourth-order valence-corrected chi connectivity index (χ4v) is 2.05. The lowest BCUT2D eigenvalue weighted by Crippen LogP contribution is -2.36. The van der Waals surface area contributed by atoms with E-state index in [-0.39, 0.29) is 6.04 Å². The largest absolute Gasteiger partial charge is 0.401 e. The molecule has 0 aromatic heterocycles. The van der Waals surface area contributed by atoms with Gasteiger partial charge in [0, 0.05) is 12.6 Å². The Morgan fingerprint density at radius 1 is 1.27 bits per heavy atom. The third-order valence-corrected chi connectivity index (χ3v) is 2.60. The van der Waals surface area contributed by atoms with Crippen LogP contribution in [-0.2, 0) is 0 Å². The summed E-state index contributed by atoms with van der Waals surface area (Å²) >= 11 is 0. The van der Waals surface area contributed by atoms with Crippen LogP contribution in [0.15, 0.2) is 0 Å². The molecule has 0 aromatic carbocycles. The third-order valence-electron chi connectivity index (χ3n) is 2.60. The lowest BCUT2D eigenvalue weighted by atomic mass is 9.86. The summed E-state index contributed by atoms with van der Waals surface area (Å²) < 4.78 is 35.6. The van der Waals surface area contributed by atoms with E-state index < -0.39 is 12.7 Å². The molecule has 0 radical (unpaired) electrons. The van der Waals surface area contributed by atoms with Gasteiger partial charge < -0.3 is 0 Å². The van der Waals surface area contributed by atoms with Crippen molar-refractivity contribution in [1.29, 1.82) is 0 Å². The molecule has 2 heterocycles. The highest BCUT2D eigenvalue weighted by atomic mass is 19.4. The van der Waals surface area contributed by atoms with Crippen molar-refractivity contribution >= 4 is 0 Å². The van der Waals surface area contributed by atoms with Gasteiger partial charge in [0.15, 0.2) is 0 Å². The zero-order chi connectivity index (χ0) is 8.06. The van der Waals surface area contributed by atoms with Crippen molar-refractivity contribution in [3.8, 4) is 0 Å². The van der Waals surface area contributed by atoms with E-state index in [1.165, 1.54) is 0 Å². The Bertz CT molecular complexity index is 160. The van der Waals surface area contributed by atoms with Crippen molar-refractivity contribution in [2.75, 3.05) is 13.1 Å². The molecule has 2 aliphatic heterocycles. The number of halogens is 3. The Kier molecular flexibility index (Phi) is 1.43. The fourth-order valence-electron chi connectivity index (χ4n) is 2.05. The first kappa shape index (κ1) is 7.40. The van der Waals surface area contributed by atoms with Crippen molar-refractivity contribution in [2.24, 2.45) is 5.92 Å². The maximum absolute atomic E-state index is 11.9. The first-order chi connectivity index (χ1) is 5.04. The maximum atomic E-state index is 11.9. The van der Waals surface area contributed by atoms with Gasteiger partial charge in [-0.25, -0.2) is 0 Å². The van der Waals surface area contributed by atoms with Crippen molar-refractivity contribution in [1.82, 2.24) is 4.90 Å². The number of hydrogen-bond donors (Lipinski definition) is 0. The van der Waals surface area contributed by atoms with Crippen LogP contribution in [0.25, 0.3) is 0 Å². The number of hydrogen-bond acceptors (Lipinski definition) is 1. The predicted octanol–water partition coefficient (Wildman–Crippen LogP) is 1.64. The molecule has 3 aliphatic rings. The molecule has 0 unspecified atom stereocenters. The van der Waals surface area contributed by atoms with E-state index in [9.17, 15) is 13.2 Å². The highest BCUT2D eigenvalue weighted by Crippen LogP contribution is 2.41. The molecule has 0 N–H and O–H groups in total. The molecule has 2 saturated heterocycles. The molecule has 1 nitrogen and oxygen atoms in total. The molecule has 2 bridgehead atoms. The minimum atomic E-state index is -4.00. The molecule has 1 saturated carbocycles.